The zero-order chi connectivity index (χ0) is 20.8. The molecule has 1 aliphatic heterocycles. The lowest BCUT2D eigenvalue weighted by atomic mass is 10.1. The number of esters is 1. The van der Waals surface area contributed by atoms with Crippen LogP contribution in [0.15, 0.2) is 48.5 Å². The normalized spacial score (nSPS) is 15.6. The van der Waals surface area contributed by atoms with E-state index in [0.717, 1.165) is 31.7 Å². The zero-order valence-corrected chi connectivity index (χ0v) is 17.4. The van der Waals surface area contributed by atoms with Crippen LogP contribution in [0.1, 0.15) is 28.4 Å². The number of aryl methyl sites for hydroxylation is 1. The third-order valence-electron chi connectivity index (χ3n) is 5.45. The van der Waals surface area contributed by atoms with Gasteiger partial charge in [-0.3, -0.25) is 9.69 Å². The van der Waals surface area contributed by atoms with E-state index in [1.54, 1.807) is 12.1 Å². The highest BCUT2D eigenvalue weighted by atomic mass is 16.5. The number of rotatable bonds is 6. The van der Waals surface area contributed by atoms with Crippen molar-refractivity contribution in [3.05, 3.63) is 65.2 Å². The Balaban J connectivity index is 1.47. The predicted octanol–water partition coefficient (Wildman–Crippen LogP) is 2.61. The number of hydrogen-bond acceptors (Lipinski definition) is 5. The molecule has 0 bridgehead atoms. The molecule has 1 aliphatic rings. The fourth-order valence-corrected chi connectivity index (χ4v) is 3.57. The molecule has 0 aliphatic carbocycles. The van der Waals surface area contributed by atoms with E-state index in [1.165, 1.54) is 18.4 Å². The minimum absolute atomic E-state index is 0.0195. The lowest BCUT2D eigenvalue weighted by Gasteiger charge is -2.38. The van der Waals surface area contributed by atoms with Crippen molar-refractivity contribution in [1.29, 1.82) is 0 Å². The summed E-state index contributed by atoms with van der Waals surface area (Å²) in [4.78, 5) is 28.7. The number of nitrogens with one attached hydrogen (secondary N) is 1. The Morgan fingerprint density at radius 3 is 2.38 bits per heavy atom. The quantitative estimate of drug-likeness (QED) is 0.762. The summed E-state index contributed by atoms with van der Waals surface area (Å²) < 4.78 is 4.70. The molecule has 0 radical (unpaired) electrons. The van der Waals surface area contributed by atoms with Gasteiger partial charge < -0.3 is 15.0 Å². The molecule has 3 rings (SSSR count). The van der Waals surface area contributed by atoms with E-state index in [9.17, 15) is 9.59 Å². The lowest BCUT2D eigenvalue weighted by molar-refractivity contribution is -0.126. The summed E-state index contributed by atoms with van der Waals surface area (Å²) in [5.74, 6) is -0.343. The van der Waals surface area contributed by atoms with Crippen molar-refractivity contribution < 1.29 is 14.3 Å². The van der Waals surface area contributed by atoms with Crippen molar-refractivity contribution >= 4 is 17.6 Å². The molecular formula is C23H29N3O3. The minimum Gasteiger partial charge on any atom is -0.465 e. The largest absolute Gasteiger partial charge is 0.465 e. The van der Waals surface area contributed by atoms with Crippen molar-refractivity contribution in [3.63, 3.8) is 0 Å². The van der Waals surface area contributed by atoms with E-state index >= 15 is 0 Å². The fourth-order valence-electron chi connectivity index (χ4n) is 3.57. The average Bonchev–Trinajstić information content (AvgIpc) is 2.77. The van der Waals surface area contributed by atoms with Crippen LogP contribution in [0, 0.1) is 6.92 Å². The highest BCUT2D eigenvalue weighted by Gasteiger charge is 2.25. The average molecular weight is 396 g/mol. The Kier molecular flexibility index (Phi) is 6.88. The van der Waals surface area contributed by atoms with E-state index in [-0.39, 0.29) is 17.9 Å². The molecule has 1 unspecified atom stereocenters. The van der Waals surface area contributed by atoms with Gasteiger partial charge in [0.1, 0.15) is 0 Å². The van der Waals surface area contributed by atoms with Crippen LogP contribution >= 0.6 is 0 Å². The van der Waals surface area contributed by atoms with Crippen LogP contribution in [-0.4, -0.2) is 56.1 Å². The van der Waals surface area contributed by atoms with E-state index < -0.39 is 0 Å². The number of ether oxygens (including phenoxy) is 1. The lowest BCUT2D eigenvalue weighted by Crippen LogP contribution is -2.53. The Labute approximate surface area is 172 Å². The second-order valence-electron chi connectivity index (χ2n) is 7.44. The third kappa shape index (κ3) is 5.35. The number of carbonyl (C=O) groups is 2. The maximum absolute atomic E-state index is 12.6. The highest BCUT2D eigenvalue weighted by molar-refractivity contribution is 5.89. The number of amides is 1. The third-order valence-corrected chi connectivity index (χ3v) is 5.45. The summed E-state index contributed by atoms with van der Waals surface area (Å²) in [6.45, 7) is 8.04. The molecular weight excluding hydrogens is 366 g/mol. The molecule has 1 heterocycles. The first-order chi connectivity index (χ1) is 14.0. The molecule has 6 nitrogen and oxygen atoms in total. The summed E-state index contributed by atoms with van der Waals surface area (Å²) in [5.41, 5.74) is 3.96. The first-order valence-electron chi connectivity index (χ1n) is 9.98. The van der Waals surface area contributed by atoms with Gasteiger partial charge in [-0.05, 0) is 49.2 Å². The highest BCUT2D eigenvalue weighted by Crippen LogP contribution is 2.18. The summed E-state index contributed by atoms with van der Waals surface area (Å²) in [5, 5.41) is 3.00. The maximum Gasteiger partial charge on any atom is 0.337 e. The Morgan fingerprint density at radius 2 is 1.76 bits per heavy atom. The molecule has 1 atom stereocenters. The minimum atomic E-state index is -0.362. The second-order valence-corrected chi connectivity index (χ2v) is 7.44. The number of methoxy groups -OCH3 is 1. The van der Waals surface area contributed by atoms with Gasteiger partial charge >= 0.3 is 5.97 Å². The van der Waals surface area contributed by atoms with Crippen LogP contribution in [0.2, 0.25) is 0 Å². The first kappa shape index (κ1) is 20.9. The molecule has 2 aromatic rings. The van der Waals surface area contributed by atoms with E-state index in [0.29, 0.717) is 12.1 Å². The maximum atomic E-state index is 12.6. The number of piperazine rings is 1. The van der Waals surface area contributed by atoms with Crippen molar-refractivity contribution in [2.24, 2.45) is 0 Å². The Bertz CT molecular complexity index is 843. The number of carbonyl (C=O) groups excluding carboxylic acids is 2. The molecule has 1 N–H and O–H groups in total. The molecule has 0 saturated carbocycles. The molecule has 0 spiro atoms. The van der Waals surface area contributed by atoms with Crippen molar-refractivity contribution in [3.8, 4) is 0 Å². The molecule has 1 saturated heterocycles. The van der Waals surface area contributed by atoms with Gasteiger partial charge in [0.2, 0.25) is 5.91 Å². The molecule has 6 heteroatoms. The monoisotopic (exact) mass is 395 g/mol. The van der Waals surface area contributed by atoms with Crippen LogP contribution in [0.25, 0.3) is 0 Å². The molecule has 0 aromatic heterocycles. The summed E-state index contributed by atoms with van der Waals surface area (Å²) in [6.07, 6.45) is 0. The fraction of sp³-hybridized carbons (Fsp3) is 0.391. The topological polar surface area (TPSA) is 61.9 Å². The van der Waals surface area contributed by atoms with Gasteiger partial charge in [0.15, 0.2) is 0 Å². The van der Waals surface area contributed by atoms with E-state index in [1.807, 2.05) is 19.1 Å². The van der Waals surface area contributed by atoms with Gasteiger partial charge in [-0.15, -0.1) is 0 Å². The van der Waals surface area contributed by atoms with Gasteiger partial charge in [-0.2, -0.15) is 0 Å². The molecule has 1 fully saturated rings. The van der Waals surface area contributed by atoms with Crippen molar-refractivity contribution in [2.75, 3.05) is 38.2 Å². The van der Waals surface area contributed by atoms with Gasteiger partial charge in [0.05, 0.1) is 18.7 Å². The first-order valence-corrected chi connectivity index (χ1v) is 9.98. The number of hydrogen-bond donors (Lipinski definition) is 1. The SMILES string of the molecule is COC(=O)c1ccc(CNC(=O)C(C)N2CCN(c3cccc(C)c3)CC2)cc1. The number of nitrogens with zero attached hydrogens (tertiary/aromatic N) is 2. The Morgan fingerprint density at radius 1 is 1.07 bits per heavy atom. The number of benzene rings is 2. The van der Waals surface area contributed by atoms with Crippen LogP contribution in [0.3, 0.4) is 0 Å². The summed E-state index contributed by atoms with van der Waals surface area (Å²) >= 11 is 0. The van der Waals surface area contributed by atoms with Crippen LogP contribution in [0.4, 0.5) is 5.69 Å². The second kappa shape index (κ2) is 9.56. The smallest absolute Gasteiger partial charge is 0.337 e. The molecule has 2 aromatic carbocycles. The summed E-state index contributed by atoms with van der Waals surface area (Å²) in [7, 11) is 1.36. The molecule has 154 valence electrons. The van der Waals surface area contributed by atoms with Crippen LogP contribution < -0.4 is 10.2 Å². The van der Waals surface area contributed by atoms with Crippen molar-refractivity contribution in [1.82, 2.24) is 10.2 Å². The molecule has 29 heavy (non-hydrogen) atoms. The zero-order valence-electron chi connectivity index (χ0n) is 17.4. The Hall–Kier alpha value is -2.86. The van der Waals surface area contributed by atoms with Gasteiger partial charge in [-0.1, -0.05) is 24.3 Å². The van der Waals surface area contributed by atoms with Gasteiger partial charge in [-0.25, -0.2) is 4.79 Å². The summed E-state index contributed by atoms with van der Waals surface area (Å²) in [6, 6.07) is 15.4. The van der Waals surface area contributed by atoms with Gasteiger partial charge in [0.25, 0.3) is 0 Å². The molecule has 1 amide bonds. The van der Waals surface area contributed by atoms with Gasteiger partial charge in [0, 0.05) is 38.4 Å². The predicted molar refractivity (Wildman–Crippen MR) is 114 cm³/mol. The van der Waals surface area contributed by atoms with Crippen LogP contribution in [-0.2, 0) is 16.1 Å². The number of anilines is 1. The van der Waals surface area contributed by atoms with E-state index in [4.69, 9.17) is 4.74 Å². The standard InChI is InChI=1S/C23H29N3O3/c1-17-5-4-6-21(15-17)26-13-11-25(12-14-26)18(2)22(27)24-16-19-7-9-20(10-8-19)23(28)29-3/h4-10,15,18H,11-14,16H2,1-3H3,(H,24,27). The van der Waals surface area contributed by atoms with Crippen LogP contribution in [0.5, 0.6) is 0 Å². The van der Waals surface area contributed by atoms with Crippen molar-refractivity contribution in [2.45, 2.75) is 26.4 Å². The van der Waals surface area contributed by atoms with E-state index in [2.05, 4.69) is 46.3 Å².